The van der Waals surface area contributed by atoms with Gasteiger partial charge in [-0.1, -0.05) is 26.7 Å². The van der Waals surface area contributed by atoms with E-state index in [0.29, 0.717) is 12.2 Å². The molecule has 1 rings (SSSR count). The molecule has 0 heterocycles. The molecule has 1 aliphatic rings. The molecular weight excluding hydrogens is 192 g/mol. The molecule has 1 aliphatic carbocycles. The molecule has 1 fully saturated rings. The summed E-state index contributed by atoms with van der Waals surface area (Å²) < 4.78 is 0. The first-order chi connectivity index (χ1) is 6.63. The SMILES string of the molecule is CCC(=O)C(C)SC1CCCC(C)C1. The normalized spacial score (nSPS) is 29.9. The molecule has 0 spiro atoms. The van der Waals surface area contributed by atoms with Gasteiger partial charge in [-0.2, -0.15) is 0 Å². The summed E-state index contributed by atoms with van der Waals surface area (Å²) in [5, 5.41) is 0.958. The highest BCUT2D eigenvalue weighted by Crippen LogP contribution is 2.34. The van der Waals surface area contributed by atoms with Crippen LogP contribution in [0.25, 0.3) is 0 Å². The predicted molar refractivity (Wildman–Crippen MR) is 63.8 cm³/mol. The zero-order valence-corrected chi connectivity index (χ0v) is 10.4. The van der Waals surface area contributed by atoms with Crippen molar-refractivity contribution in [3.63, 3.8) is 0 Å². The smallest absolute Gasteiger partial charge is 0.145 e. The summed E-state index contributed by atoms with van der Waals surface area (Å²) in [7, 11) is 0. The minimum atomic E-state index is 0.218. The summed E-state index contributed by atoms with van der Waals surface area (Å²) in [6, 6.07) is 0. The van der Waals surface area contributed by atoms with Crippen molar-refractivity contribution in [2.24, 2.45) is 5.92 Å². The van der Waals surface area contributed by atoms with Crippen LogP contribution in [0.2, 0.25) is 0 Å². The molecule has 0 aromatic rings. The highest BCUT2D eigenvalue weighted by atomic mass is 32.2. The Kier molecular flexibility index (Phi) is 5.00. The molecule has 0 radical (unpaired) electrons. The molecule has 2 heteroatoms. The number of hydrogen-bond acceptors (Lipinski definition) is 2. The summed E-state index contributed by atoms with van der Waals surface area (Å²) in [5.41, 5.74) is 0. The average Bonchev–Trinajstić information content (AvgIpc) is 2.16. The highest BCUT2D eigenvalue weighted by molar-refractivity contribution is 8.01. The Bertz CT molecular complexity index is 191. The number of Topliss-reactive ketones (excluding diaryl/α,β-unsaturated/α-hetero) is 1. The van der Waals surface area contributed by atoms with E-state index in [-0.39, 0.29) is 5.25 Å². The number of rotatable bonds is 4. The first-order valence-electron chi connectivity index (χ1n) is 5.81. The number of carbonyl (C=O) groups is 1. The molecule has 0 aliphatic heterocycles. The van der Waals surface area contributed by atoms with Crippen molar-refractivity contribution < 1.29 is 4.79 Å². The largest absolute Gasteiger partial charge is 0.298 e. The van der Waals surface area contributed by atoms with Crippen LogP contribution in [0.5, 0.6) is 0 Å². The van der Waals surface area contributed by atoms with Gasteiger partial charge in [0, 0.05) is 11.7 Å². The fraction of sp³-hybridized carbons (Fsp3) is 0.917. The lowest BCUT2D eigenvalue weighted by Gasteiger charge is -2.27. The maximum Gasteiger partial charge on any atom is 0.145 e. The van der Waals surface area contributed by atoms with Crippen LogP contribution in [0.4, 0.5) is 0 Å². The Hall–Kier alpha value is 0.0200. The van der Waals surface area contributed by atoms with Crippen molar-refractivity contribution in [1.82, 2.24) is 0 Å². The van der Waals surface area contributed by atoms with Gasteiger partial charge in [-0.25, -0.2) is 0 Å². The van der Waals surface area contributed by atoms with E-state index in [1.165, 1.54) is 25.7 Å². The summed E-state index contributed by atoms with van der Waals surface area (Å²) in [6.45, 7) is 6.36. The zero-order chi connectivity index (χ0) is 10.6. The summed E-state index contributed by atoms with van der Waals surface area (Å²) in [4.78, 5) is 11.4. The summed E-state index contributed by atoms with van der Waals surface area (Å²) in [5.74, 6) is 1.28. The number of ketones is 1. The van der Waals surface area contributed by atoms with E-state index in [2.05, 4.69) is 13.8 Å². The molecule has 0 bridgehead atoms. The summed E-state index contributed by atoms with van der Waals surface area (Å²) in [6.07, 6.45) is 6.05. The van der Waals surface area contributed by atoms with Crippen molar-refractivity contribution >= 4 is 17.5 Å². The van der Waals surface area contributed by atoms with Crippen LogP contribution in [-0.4, -0.2) is 16.3 Å². The van der Waals surface area contributed by atoms with E-state index in [0.717, 1.165) is 11.2 Å². The Morgan fingerprint density at radius 3 is 2.79 bits per heavy atom. The average molecular weight is 214 g/mol. The lowest BCUT2D eigenvalue weighted by molar-refractivity contribution is -0.118. The molecule has 0 N–H and O–H groups in total. The fourth-order valence-corrected chi connectivity index (χ4v) is 3.79. The molecule has 3 atom stereocenters. The van der Waals surface area contributed by atoms with E-state index in [4.69, 9.17) is 0 Å². The maximum absolute atomic E-state index is 11.4. The van der Waals surface area contributed by atoms with Crippen LogP contribution in [0.3, 0.4) is 0 Å². The highest BCUT2D eigenvalue weighted by Gasteiger charge is 2.23. The van der Waals surface area contributed by atoms with Gasteiger partial charge in [0.1, 0.15) is 5.78 Å². The van der Waals surface area contributed by atoms with Gasteiger partial charge in [-0.15, -0.1) is 11.8 Å². The predicted octanol–water partition coefficient (Wildman–Crippen LogP) is 3.67. The lowest BCUT2D eigenvalue weighted by Crippen LogP contribution is -2.21. The maximum atomic E-state index is 11.4. The molecular formula is C12H22OS. The van der Waals surface area contributed by atoms with Crippen molar-refractivity contribution in [1.29, 1.82) is 0 Å². The quantitative estimate of drug-likeness (QED) is 0.710. The van der Waals surface area contributed by atoms with Crippen molar-refractivity contribution in [2.45, 2.75) is 63.4 Å². The monoisotopic (exact) mass is 214 g/mol. The molecule has 0 amide bonds. The first kappa shape index (κ1) is 12.1. The Balaban J connectivity index is 2.32. The van der Waals surface area contributed by atoms with E-state index in [1.807, 2.05) is 18.7 Å². The lowest BCUT2D eigenvalue weighted by atomic mass is 9.91. The van der Waals surface area contributed by atoms with E-state index in [1.54, 1.807) is 0 Å². The van der Waals surface area contributed by atoms with Gasteiger partial charge in [0.15, 0.2) is 0 Å². The number of carbonyl (C=O) groups excluding carboxylic acids is 1. The van der Waals surface area contributed by atoms with Crippen LogP contribution < -0.4 is 0 Å². The van der Waals surface area contributed by atoms with E-state index >= 15 is 0 Å². The zero-order valence-electron chi connectivity index (χ0n) is 9.58. The molecule has 1 nitrogen and oxygen atoms in total. The topological polar surface area (TPSA) is 17.1 Å². The fourth-order valence-electron chi connectivity index (χ4n) is 2.15. The Morgan fingerprint density at radius 2 is 2.21 bits per heavy atom. The van der Waals surface area contributed by atoms with E-state index < -0.39 is 0 Å². The van der Waals surface area contributed by atoms with Crippen LogP contribution in [0.15, 0.2) is 0 Å². The van der Waals surface area contributed by atoms with Gasteiger partial charge in [0.2, 0.25) is 0 Å². The minimum Gasteiger partial charge on any atom is -0.298 e. The van der Waals surface area contributed by atoms with E-state index in [9.17, 15) is 4.79 Å². The first-order valence-corrected chi connectivity index (χ1v) is 6.76. The van der Waals surface area contributed by atoms with Gasteiger partial charge in [-0.3, -0.25) is 4.79 Å². The number of thioether (sulfide) groups is 1. The second kappa shape index (κ2) is 5.79. The van der Waals surface area contributed by atoms with Crippen LogP contribution >= 0.6 is 11.8 Å². The van der Waals surface area contributed by atoms with Gasteiger partial charge in [0.05, 0.1) is 5.25 Å². The third kappa shape index (κ3) is 3.64. The molecule has 0 saturated heterocycles. The summed E-state index contributed by atoms with van der Waals surface area (Å²) >= 11 is 1.91. The third-order valence-electron chi connectivity index (χ3n) is 3.09. The van der Waals surface area contributed by atoms with Crippen molar-refractivity contribution in [3.8, 4) is 0 Å². The second-order valence-electron chi connectivity index (χ2n) is 4.49. The molecule has 1 saturated carbocycles. The van der Waals surface area contributed by atoms with Crippen molar-refractivity contribution in [2.75, 3.05) is 0 Å². The van der Waals surface area contributed by atoms with Gasteiger partial charge in [-0.05, 0) is 25.7 Å². The minimum absolute atomic E-state index is 0.218. The van der Waals surface area contributed by atoms with Crippen LogP contribution in [-0.2, 0) is 4.79 Å². The van der Waals surface area contributed by atoms with Crippen LogP contribution in [0.1, 0.15) is 52.9 Å². The van der Waals surface area contributed by atoms with Gasteiger partial charge >= 0.3 is 0 Å². The van der Waals surface area contributed by atoms with Gasteiger partial charge in [0.25, 0.3) is 0 Å². The van der Waals surface area contributed by atoms with Crippen LogP contribution in [0, 0.1) is 5.92 Å². The molecule has 0 aromatic heterocycles. The molecule has 0 aromatic carbocycles. The molecule has 3 unspecified atom stereocenters. The third-order valence-corrected chi connectivity index (χ3v) is 4.57. The Labute approximate surface area is 92.0 Å². The number of hydrogen-bond donors (Lipinski definition) is 0. The molecule has 14 heavy (non-hydrogen) atoms. The second-order valence-corrected chi connectivity index (χ2v) is 6.14. The standard InChI is InChI=1S/C12H22OS/c1-4-12(13)10(3)14-11-7-5-6-9(2)8-11/h9-11H,4-8H2,1-3H3. The molecule has 82 valence electrons. The Morgan fingerprint density at radius 1 is 1.50 bits per heavy atom. The van der Waals surface area contributed by atoms with Crippen molar-refractivity contribution in [3.05, 3.63) is 0 Å². The van der Waals surface area contributed by atoms with Gasteiger partial charge < -0.3 is 0 Å².